The van der Waals surface area contributed by atoms with E-state index in [1.807, 2.05) is 25.1 Å². The molecule has 0 amide bonds. The number of hydrogen-bond acceptors (Lipinski definition) is 5. The Hall–Kier alpha value is -1.53. The lowest BCUT2D eigenvalue weighted by Gasteiger charge is -2.17. The van der Waals surface area contributed by atoms with E-state index in [4.69, 9.17) is 21.1 Å². The van der Waals surface area contributed by atoms with Crippen LogP contribution in [0, 0.1) is 0 Å². The average molecular weight is 373 g/mol. The Morgan fingerprint density at radius 3 is 2.57 bits per heavy atom. The molecule has 5 nitrogen and oxygen atoms in total. The van der Waals surface area contributed by atoms with Crippen molar-refractivity contribution in [3.8, 4) is 11.5 Å². The zero-order chi connectivity index (χ0) is 15.4. The van der Waals surface area contributed by atoms with E-state index in [0.29, 0.717) is 26.9 Å². The number of halogens is 2. The van der Waals surface area contributed by atoms with Crippen molar-refractivity contribution in [3.63, 3.8) is 0 Å². The quantitative estimate of drug-likeness (QED) is 0.801. The molecule has 1 aromatic carbocycles. The van der Waals surface area contributed by atoms with Crippen LogP contribution in [-0.2, 0) is 0 Å². The van der Waals surface area contributed by atoms with E-state index in [9.17, 15) is 0 Å². The number of methoxy groups -OCH3 is 2. The molecule has 0 saturated heterocycles. The molecule has 2 rings (SSSR count). The summed E-state index contributed by atoms with van der Waals surface area (Å²) in [4.78, 5) is 8.07. The summed E-state index contributed by atoms with van der Waals surface area (Å²) in [5.41, 5.74) is 1.04. The largest absolute Gasteiger partial charge is 0.493 e. The van der Waals surface area contributed by atoms with E-state index < -0.39 is 0 Å². The highest BCUT2D eigenvalue weighted by Crippen LogP contribution is 2.32. The first-order valence-corrected chi connectivity index (χ1v) is 7.38. The van der Waals surface area contributed by atoms with Crippen molar-refractivity contribution in [2.45, 2.75) is 13.0 Å². The van der Waals surface area contributed by atoms with Crippen LogP contribution in [0.2, 0.25) is 5.15 Å². The minimum absolute atomic E-state index is 0.00655. The molecule has 1 unspecified atom stereocenters. The minimum Gasteiger partial charge on any atom is -0.493 e. The Labute approximate surface area is 136 Å². The van der Waals surface area contributed by atoms with Gasteiger partial charge in [-0.05, 0) is 40.5 Å². The highest BCUT2D eigenvalue weighted by molar-refractivity contribution is 9.10. The maximum Gasteiger partial charge on any atom is 0.161 e. The maximum atomic E-state index is 5.96. The lowest BCUT2D eigenvalue weighted by Crippen LogP contribution is -2.09. The van der Waals surface area contributed by atoms with Gasteiger partial charge < -0.3 is 14.8 Å². The molecule has 1 N–H and O–H groups in total. The Balaban J connectivity index is 2.24. The Bertz CT molecular complexity index is 640. The summed E-state index contributed by atoms with van der Waals surface area (Å²) >= 11 is 9.32. The van der Waals surface area contributed by atoms with Gasteiger partial charge in [-0.15, -0.1) is 0 Å². The van der Waals surface area contributed by atoms with Crippen LogP contribution in [0.3, 0.4) is 0 Å². The second-order valence-electron chi connectivity index (χ2n) is 4.31. The summed E-state index contributed by atoms with van der Waals surface area (Å²) in [6.07, 6.45) is 1.41. The van der Waals surface area contributed by atoms with Gasteiger partial charge in [0, 0.05) is 0 Å². The molecular weight excluding hydrogens is 358 g/mol. The third-order valence-corrected chi connectivity index (χ3v) is 4.27. The zero-order valence-corrected chi connectivity index (χ0v) is 14.2. The smallest absolute Gasteiger partial charge is 0.161 e. The van der Waals surface area contributed by atoms with Gasteiger partial charge in [0.2, 0.25) is 0 Å². The van der Waals surface area contributed by atoms with Gasteiger partial charge in [0.1, 0.15) is 17.3 Å². The Morgan fingerprint density at radius 1 is 1.19 bits per heavy atom. The topological polar surface area (TPSA) is 56.3 Å². The number of benzene rings is 1. The minimum atomic E-state index is 0.00655. The number of hydrogen-bond donors (Lipinski definition) is 1. The first kappa shape index (κ1) is 15.9. The van der Waals surface area contributed by atoms with Gasteiger partial charge in [-0.2, -0.15) is 0 Å². The van der Waals surface area contributed by atoms with Crippen LogP contribution in [-0.4, -0.2) is 24.2 Å². The average Bonchev–Trinajstić information content (AvgIpc) is 2.51. The van der Waals surface area contributed by atoms with Crippen molar-refractivity contribution in [2.24, 2.45) is 0 Å². The van der Waals surface area contributed by atoms with Crippen LogP contribution >= 0.6 is 27.5 Å². The van der Waals surface area contributed by atoms with Crippen LogP contribution in [0.15, 0.2) is 29.0 Å². The van der Waals surface area contributed by atoms with Crippen LogP contribution in [0.4, 0.5) is 5.82 Å². The molecule has 2 aromatic rings. The van der Waals surface area contributed by atoms with Crippen LogP contribution in [0.25, 0.3) is 0 Å². The Morgan fingerprint density at radius 2 is 1.90 bits per heavy atom. The predicted molar refractivity (Wildman–Crippen MR) is 86.3 cm³/mol. The molecule has 0 aliphatic heterocycles. The van der Waals surface area contributed by atoms with Gasteiger partial charge in [0.15, 0.2) is 11.5 Å². The van der Waals surface area contributed by atoms with Crippen molar-refractivity contribution in [3.05, 3.63) is 39.7 Å². The van der Waals surface area contributed by atoms with Gasteiger partial charge in [-0.1, -0.05) is 17.7 Å². The van der Waals surface area contributed by atoms with E-state index in [0.717, 1.165) is 5.56 Å². The van der Waals surface area contributed by atoms with Gasteiger partial charge in [-0.3, -0.25) is 0 Å². The molecule has 0 fully saturated rings. The Kier molecular flexibility index (Phi) is 5.25. The first-order valence-electron chi connectivity index (χ1n) is 6.21. The van der Waals surface area contributed by atoms with Crippen molar-refractivity contribution in [1.29, 1.82) is 0 Å². The summed E-state index contributed by atoms with van der Waals surface area (Å²) in [6.45, 7) is 2.02. The second kappa shape index (κ2) is 6.95. The molecular formula is C14H15BrClN3O2. The van der Waals surface area contributed by atoms with Crippen LogP contribution < -0.4 is 14.8 Å². The summed E-state index contributed by atoms with van der Waals surface area (Å²) < 4.78 is 11.2. The summed E-state index contributed by atoms with van der Waals surface area (Å²) in [5.74, 6) is 2.01. The molecule has 1 aromatic heterocycles. The third kappa shape index (κ3) is 3.57. The standard InChI is InChI=1S/C14H15BrClN3O2/c1-8(19-14-12(15)13(16)17-7-18-14)9-4-5-10(20-2)11(6-9)21-3/h4-8H,1-3H3,(H,17,18,19). The van der Waals surface area contributed by atoms with Crippen molar-refractivity contribution < 1.29 is 9.47 Å². The van der Waals surface area contributed by atoms with Gasteiger partial charge >= 0.3 is 0 Å². The highest BCUT2D eigenvalue weighted by atomic mass is 79.9. The fourth-order valence-electron chi connectivity index (χ4n) is 1.86. The van der Waals surface area contributed by atoms with E-state index in [1.54, 1.807) is 14.2 Å². The molecule has 0 aliphatic carbocycles. The summed E-state index contributed by atoms with van der Waals surface area (Å²) in [6, 6.07) is 5.77. The molecule has 1 heterocycles. The fraction of sp³-hybridized carbons (Fsp3) is 0.286. The van der Waals surface area contributed by atoms with E-state index >= 15 is 0 Å². The monoisotopic (exact) mass is 371 g/mol. The molecule has 7 heteroatoms. The zero-order valence-electron chi connectivity index (χ0n) is 11.9. The second-order valence-corrected chi connectivity index (χ2v) is 5.46. The number of nitrogens with zero attached hydrogens (tertiary/aromatic N) is 2. The van der Waals surface area contributed by atoms with E-state index in [1.165, 1.54) is 6.33 Å². The van der Waals surface area contributed by atoms with Gasteiger partial charge in [0.25, 0.3) is 0 Å². The van der Waals surface area contributed by atoms with Gasteiger partial charge in [0.05, 0.1) is 24.7 Å². The predicted octanol–water partition coefficient (Wildman–Crippen LogP) is 4.08. The number of rotatable bonds is 5. The third-order valence-electron chi connectivity index (χ3n) is 3.01. The number of nitrogens with one attached hydrogen (secondary N) is 1. The molecule has 0 spiro atoms. The SMILES string of the molecule is COc1ccc(C(C)Nc2ncnc(Cl)c2Br)cc1OC. The van der Waals surface area contributed by atoms with Crippen molar-refractivity contribution >= 4 is 33.3 Å². The van der Waals surface area contributed by atoms with Gasteiger partial charge in [-0.25, -0.2) is 9.97 Å². The van der Waals surface area contributed by atoms with Crippen LogP contribution in [0.1, 0.15) is 18.5 Å². The van der Waals surface area contributed by atoms with Crippen LogP contribution in [0.5, 0.6) is 11.5 Å². The number of ether oxygens (including phenoxy) is 2. The molecule has 0 aliphatic rings. The van der Waals surface area contributed by atoms with E-state index in [-0.39, 0.29) is 6.04 Å². The van der Waals surface area contributed by atoms with Crippen molar-refractivity contribution in [1.82, 2.24) is 9.97 Å². The molecule has 0 radical (unpaired) electrons. The number of aromatic nitrogens is 2. The van der Waals surface area contributed by atoms with E-state index in [2.05, 4.69) is 31.2 Å². The summed E-state index contributed by atoms with van der Waals surface area (Å²) in [7, 11) is 3.22. The summed E-state index contributed by atoms with van der Waals surface area (Å²) in [5, 5.41) is 3.64. The molecule has 0 bridgehead atoms. The van der Waals surface area contributed by atoms with Crippen molar-refractivity contribution in [2.75, 3.05) is 19.5 Å². The maximum absolute atomic E-state index is 5.96. The molecule has 1 atom stereocenters. The normalized spacial score (nSPS) is 11.9. The first-order chi connectivity index (χ1) is 10.1. The lowest BCUT2D eigenvalue weighted by atomic mass is 10.1. The molecule has 21 heavy (non-hydrogen) atoms. The molecule has 0 saturated carbocycles. The fourth-order valence-corrected chi connectivity index (χ4v) is 2.31. The highest BCUT2D eigenvalue weighted by Gasteiger charge is 2.13. The molecule has 112 valence electrons. The lowest BCUT2D eigenvalue weighted by molar-refractivity contribution is 0.354. The number of anilines is 1.